The number of nitrogens with zero attached hydrogens (tertiary/aromatic N) is 1. The molecule has 1 amide bonds. The highest BCUT2D eigenvalue weighted by Gasteiger charge is 2.35. The number of hydrogen-bond donors (Lipinski definition) is 0. The number of halogens is 4. The molecule has 1 aromatic rings. The third-order valence-corrected chi connectivity index (χ3v) is 4.80. The minimum atomic E-state index is -4.62. The molecule has 20 heavy (non-hydrogen) atoms. The molecule has 0 radical (unpaired) electrons. The van der Waals surface area contributed by atoms with Gasteiger partial charge in [0.2, 0.25) is 5.91 Å². The molecule has 9 heteroatoms. The first-order valence-electron chi connectivity index (χ1n) is 5.54. The van der Waals surface area contributed by atoms with Gasteiger partial charge in [-0.05, 0) is 12.1 Å². The van der Waals surface area contributed by atoms with Crippen molar-refractivity contribution in [2.45, 2.75) is 6.42 Å². The van der Waals surface area contributed by atoms with E-state index < -0.39 is 21.9 Å². The van der Waals surface area contributed by atoms with Gasteiger partial charge in [0.25, 0.3) is 0 Å². The Morgan fingerprint density at radius 3 is 2.40 bits per heavy atom. The molecule has 0 aliphatic carbocycles. The second-order valence-electron chi connectivity index (χ2n) is 4.50. The highest BCUT2D eigenvalue weighted by Crippen LogP contribution is 2.39. The molecule has 1 unspecified atom stereocenters. The summed E-state index contributed by atoms with van der Waals surface area (Å²) in [6, 6.07) is 3.16. The van der Waals surface area contributed by atoms with Gasteiger partial charge in [-0.15, -0.1) is 3.89 Å². The fourth-order valence-electron chi connectivity index (χ4n) is 2.18. The summed E-state index contributed by atoms with van der Waals surface area (Å²) in [6.07, 6.45) is -0.0497. The SMILES string of the molecule is O=C1CC(CS(=O)(=O)F)CN1c1c(Cl)cc(Br)cc1Cl. The standard InChI is InChI=1S/C11H9BrCl2FNO3S/c12-7-2-8(13)11(9(14)3-7)16-4-6(1-10(16)17)5-20(15,18)19/h2-3,6H,1,4-5H2. The van der Waals surface area contributed by atoms with E-state index in [0.717, 1.165) is 0 Å². The monoisotopic (exact) mass is 403 g/mol. The largest absolute Gasteiger partial charge is 0.309 e. The average molecular weight is 405 g/mol. The van der Waals surface area contributed by atoms with Crippen molar-refractivity contribution in [3.63, 3.8) is 0 Å². The summed E-state index contributed by atoms with van der Waals surface area (Å²) in [7, 11) is -4.62. The first-order chi connectivity index (χ1) is 9.17. The van der Waals surface area contributed by atoms with Crippen LogP contribution in [0.3, 0.4) is 0 Å². The molecule has 2 rings (SSSR count). The summed E-state index contributed by atoms with van der Waals surface area (Å²) in [4.78, 5) is 13.2. The van der Waals surface area contributed by atoms with Crippen molar-refractivity contribution in [3.8, 4) is 0 Å². The van der Waals surface area contributed by atoms with Gasteiger partial charge in [0, 0.05) is 23.4 Å². The van der Waals surface area contributed by atoms with Crippen LogP contribution in [0.4, 0.5) is 9.57 Å². The van der Waals surface area contributed by atoms with Crippen LogP contribution in [0.5, 0.6) is 0 Å². The Hall–Kier alpha value is -0.370. The number of carbonyl (C=O) groups is 1. The van der Waals surface area contributed by atoms with Crippen LogP contribution in [0.25, 0.3) is 0 Å². The van der Waals surface area contributed by atoms with E-state index in [2.05, 4.69) is 15.9 Å². The minimum Gasteiger partial charge on any atom is -0.309 e. The van der Waals surface area contributed by atoms with Crippen molar-refractivity contribution in [1.82, 2.24) is 0 Å². The van der Waals surface area contributed by atoms with Crippen molar-refractivity contribution in [2.24, 2.45) is 5.92 Å². The van der Waals surface area contributed by atoms with Gasteiger partial charge in [-0.3, -0.25) is 4.79 Å². The molecule has 0 aromatic heterocycles. The third kappa shape index (κ3) is 3.63. The third-order valence-electron chi connectivity index (χ3n) is 2.89. The predicted molar refractivity (Wildman–Crippen MR) is 79.5 cm³/mol. The highest BCUT2D eigenvalue weighted by molar-refractivity contribution is 9.10. The Bertz CT molecular complexity index is 645. The van der Waals surface area contributed by atoms with Crippen molar-refractivity contribution >= 4 is 60.9 Å². The molecule has 1 aromatic carbocycles. The van der Waals surface area contributed by atoms with Gasteiger partial charge in [-0.25, -0.2) is 0 Å². The van der Waals surface area contributed by atoms with Crippen LogP contribution in [-0.2, 0) is 15.0 Å². The molecule has 1 aliphatic heterocycles. The summed E-state index contributed by atoms with van der Waals surface area (Å²) in [6.45, 7) is 0.0725. The maximum atomic E-state index is 12.7. The van der Waals surface area contributed by atoms with E-state index in [9.17, 15) is 17.1 Å². The van der Waals surface area contributed by atoms with Crippen molar-refractivity contribution in [1.29, 1.82) is 0 Å². The van der Waals surface area contributed by atoms with Crippen LogP contribution < -0.4 is 4.90 Å². The van der Waals surface area contributed by atoms with Gasteiger partial charge in [-0.2, -0.15) is 8.42 Å². The topological polar surface area (TPSA) is 54.5 Å². The van der Waals surface area contributed by atoms with Gasteiger partial charge in [-0.1, -0.05) is 39.1 Å². The summed E-state index contributed by atoms with van der Waals surface area (Å²) >= 11 is 15.3. The number of hydrogen-bond acceptors (Lipinski definition) is 3. The van der Waals surface area contributed by atoms with Gasteiger partial charge >= 0.3 is 10.2 Å². The molecule has 4 nitrogen and oxygen atoms in total. The number of amides is 1. The lowest BCUT2D eigenvalue weighted by atomic mass is 10.1. The van der Waals surface area contributed by atoms with Crippen LogP contribution >= 0.6 is 39.1 Å². The zero-order chi connectivity index (χ0) is 15.1. The van der Waals surface area contributed by atoms with Gasteiger partial charge in [0.1, 0.15) is 0 Å². The lowest BCUT2D eigenvalue weighted by molar-refractivity contribution is -0.117. The Labute approximate surface area is 134 Å². The van der Waals surface area contributed by atoms with Gasteiger partial charge in [0.05, 0.1) is 21.5 Å². The van der Waals surface area contributed by atoms with Crippen molar-refractivity contribution < 1.29 is 17.1 Å². The number of anilines is 1. The molecule has 1 aliphatic rings. The zero-order valence-electron chi connectivity index (χ0n) is 9.95. The van der Waals surface area contributed by atoms with Crippen LogP contribution in [0.2, 0.25) is 10.0 Å². The maximum absolute atomic E-state index is 12.7. The normalized spacial score (nSPS) is 19.7. The van der Waals surface area contributed by atoms with Crippen LogP contribution in [0.15, 0.2) is 16.6 Å². The molecule has 1 atom stereocenters. The second-order valence-corrected chi connectivity index (χ2v) is 7.64. The fraction of sp³-hybridized carbons (Fsp3) is 0.364. The van der Waals surface area contributed by atoms with E-state index in [1.807, 2.05) is 0 Å². The molecule has 1 fully saturated rings. The van der Waals surface area contributed by atoms with Gasteiger partial charge in [0.15, 0.2) is 0 Å². The number of benzene rings is 1. The van der Waals surface area contributed by atoms with E-state index in [1.54, 1.807) is 12.1 Å². The molecule has 0 saturated carbocycles. The molecule has 110 valence electrons. The Morgan fingerprint density at radius 2 is 1.90 bits per heavy atom. The summed E-state index contributed by atoms with van der Waals surface area (Å²) in [5, 5.41) is 0.531. The number of carbonyl (C=O) groups excluding carboxylic acids is 1. The molecular formula is C11H9BrCl2FNO3S. The van der Waals surface area contributed by atoms with Crippen molar-refractivity contribution in [2.75, 3.05) is 17.2 Å². The van der Waals surface area contributed by atoms with Crippen LogP contribution in [0.1, 0.15) is 6.42 Å². The van der Waals surface area contributed by atoms with Crippen LogP contribution in [-0.4, -0.2) is 26.6 Å². The predicted octanol–water partition coefficient (Wildman–Crippen LogP) is 3.41. The second kappa shape index (κ2) is 5.79. The Kier molecular flexibility index (Phi) is 4.63. The van der Waals surface area contributed by atoms with E-state index in [4.69, 9.17) is 23.2 Å². The zero-order valence-corrected chi connectivity index (χ0v) is 13.9. The lowest BCUT2D eigenvalue weighted by Gasteiger charge is -2.19. The summed E-state index contributed by atoms with van der Waals surface area (Å²) < 4.78 is 34.7. The smallest absolute Gasteiger partial charge is 0.302 e. The molecule has 1 saturated heterocycles. The fourth-order valence-corrected chi connectivity index (χ4v) is 4.38. The Morgan fingerprint density at radius 1 is 1.35 bits per heavy atom. The molecule has 0 bridgehead atoms. The highest BCUT2D eigenvalue weighted by atomic mass is 79.9. The summed E-state index contributed by atoms with van der Waals surface area (Å²) in [5.74, 6) is -1.61. The van der Waals surface area contributed by atoms with Gasteiger partial charge < -0.3 is 4.90 Å². The first-order valence-corrected chi connectivity index (χ1v) is 8.65. The lowest BCUT2D eigenvalue weighted by Crippen LogP contribution is -2.26. The molecule has 0 spiro atoms. The van der Waals surface area contributed by atoms with E-state index in [-0.39, 0.29) is 28.9 Å². The van der Waals surface area contributed by atoms with E-state index in [0.29, 0.717) is 10.2 Å². The average Bonchev–Trinajstić information content (AvgIpc) is 2.55. The van der Waals surface area contributed by atoms with Crippen molar-refractivity contribution in [3.05, 3.63) is 26.7 Å². The summed E-state index contributed by atoms with van der Waals surface area (Å²) in [5.41, 5.74) is 0.320. The molecular weight excluding hydrogens is 396 g/mol. The maximum Gasteiger partial charge on any atom is 0.302 e. The Balaban J connectivity index is 2.29. The quantitative estimate of drug-likeness (QED) is 0.725. The number of rotatable bonds is 3. The molecule has 1 heterocycles. The first kappa shape index (κ1) is 16.0. The van der Waals surface area contributed by atoms with E-state index >= 15 is 0 Å². The van der Waals surface area contributed by atoms with E-state index in [1.165, 1.54) is 4.90 Å². The minimum absolute atomic E-state index is 0.0497. The molecule has 0 N–H and O–H groups in total. The van der Waals surface area contributed by atoms with Crippen LogP contribution in [0, 0.1) is 5.92 Å².